The van der Waals surface area contributed by atoms with Gasteiger partial charge in [0.25, 0.3) is 0 Å². The minimum Gasteiger partial charge on any atom is -0.301 e. The number of hydrogen-bond donors (Lipinski definition) is 1. The molecule has 0 bridgehead atoms. The maximum atomic E-state index is 9.62. The minimum absolute atomic E-state index is 0.211. The van der Waals surface area contributed by atoms with Gasteiger partial charge in [-0.2, -0.15) is 5.26 Å². The zero-order valence-corrected chi connectivity index (χ0v) is 13.1. The van der Waals surface area contributed by atoms with Crippen molar-refractivity contribution in [1.82, 2.24) is 15.1 Å². The number of nitrogens with zero attached hydrogens (tertiary/aromatic N) is 3. The normalized spacial score (nSPS) is 38.5. The molecule has 0 aromatic carbocycles. The fourth-order valence-electron chi connectivity index (χ4n) is 4.19. The first-order valence-corrected chi connectivity index (χ1v) is 8.92. The summed E-state index contributed by atoms with van der Waals surface area (Å²) in [5.74, 6) is 1.01. The molecule has 3 saturated carbocycles. The fraction of sp³-hybridized carbons (Fsp3) is 0.941. The zero-order valence-electron chi connectivity index (χ0n) is 13.1. The number of nitriles is 1. The Balaban J connectivity index is 1.28. The van der Waals surface area contributed by atoms with E-state index in [1.54, 1.807) is 0 Å². The third-order valence-electron chi connectivity index (χ3n) is 5.90. The van der Waals surface area contributed by atoms with E-state index in [1.807, 2.05) is 0 Å². The van der Waals surface area contributed by atoms with Gasteiger partial charge in [0.15, 0.2) is 0 Å². The van der Waals surface area contributed by atoms with Crippen LogP contribution in [0.5, 0.6) is 0 Å². The van der Waals surface area contributed by atoms with Gasteiger partial charge in [0.1, 0.15) is 5.54 Å². The van der Waals surface area contributed by atoms with E-state index in [-0.39, 0.29) is 5.54 Å². The average molecular weight is 288 g/mol. The molecular formula is C17H28N4. The standard InChI is InChI=1S/C17H28N4/c18-13-17(19-15-3-4-15)6-5-16(11-17)21-9-7-20(8-10-21)12-14-1-2-14/h14-16,19H,1-12H2. The summed E-state index contributed by atoms with van der Waals surface area (Å²) in [5, 5.41) is 13.2. The molecule has 3 aliphatic carbocycles. The van der Waals surface area contributed by atoms with E-state index >= 15 is 0 Å². The summed E-state index contributed by atoms with van der Waals surface area (Å²) < 4.78 is 0. The molecule has 4 nitrogen and oxygen atoms in total. The molecule has 0 amide bonds. The second-order valence-corrected chi connectivity index (χ2v) is 7.79. The van der Waals surface area contributed by atoms with E-state index in [0.717, 1.165) is 18.8 Å². The topological polar surface area (TPSA) is 42.3 Å². The molecule has 116 valence electrons. The molecule has 0 spiro atoms. The average Bonchev–Trinajstić information content (AvgIpc) is 3.42. The Morgan fingerprint density at radius 3 is 2.43 bits per heavy atom. The van der Waals surface area contributed by atoms with Crippen LogP contribution in [0.25, 0.3) is 0 Å². The van der Waals surface area contributed by atoms with Crippen molar-refractivity contribution in [3.63, 3.8) is 0 Å². The van der Waals surface area contributed by atoms with Crippen LogP contribution in [0, 0.1) is 17.2 Å². The van der Waals surface area contributed by atoms with E-state index in [1.165, 1.54) is 64.8 Å². The summed E-state index contributed by atoms with van der Waals surface area (Å²) in [4.78, 5) is 5.32. The molecule has 1 heterocycles. The quantitative estimate of drug-likeness (QED) is 0.834. The van der Waals surface area contributed by atoms with Crippen LogP contribution in [0.2, 0.25) is 0 Å². The minimum atomic E-state index is -0.211. The first-order chi connectivity index (χ1) is 10.3. The molecule has 4 fully saturated rings. The molecule has 0 radical (unpaired) electrons. The molecule has 21 heavy (non-hydrogen) atoms. The summed E-state index contributed by atoms with van der Waals surface area (Å²) in [6, 6.07) is 3.89. The van der Waals surface area contributed by atoms with Gasteiger partial charge in [-0.05, 0) is 50.9 Å². The molecule has 4 heteroatoms. The van der Waals surface area contributed by atoms with Crippen LogP contribution in [-0.4, -0.2) is 60.1 Å². The highest BCUT2D eigenvalue weighted by Crippen LogP contribution is 2.36. The van der Waals surface area contributed by atoms with Gasteiger partial charge in [-0.25, -0.2) is 0 Å². The molecule has 4 rings (SSSR count). The van der Waals surface area contributed by atoms with Crippen molar-refractivity contribution >= 4 is 0 Å². The van der Waals surface area contributed by atoms with Gasteiger partial charge in [-0.1, -0.05) is 0 Å². The van der Waals surface area contributed by atoms with Crippen molar-refractivity contribution in [2.45, 2.75) is 62.6 Å². The Morgan fingerprint density at radius 2 is 1.81 bits per heavy atom. The molecule has 4 aliphatic rings. The highest BCUT2D eigenvalue weighted by Gasteiger charge is 2.44. The highest BCUT2D eigenvalue weighted by molar-refractivity contribution is 5.15. The highest BCUT2D eigenvalue weighted by atomic mass is 15.3. The van der Waals surface area contributed by atoms with E-state index in [0.29, 0.717) is 12.1 Å². The third-order valence-corrected chi connectivity index (χ3v) is 5.90. The van der Waals surface area contributed by atoms with Crippen LogP contribution in [0.1, 0.15) is 44.9 Å². The maximum absolute atomic E-state index is 9.62. The van der Waals surface area contributed by atoms with E-state index in [2.05, 4.69) is 21.2 Å². The zero-order chi connectivity index (χ0) is 14.3. The lowest BCUT2D eigenvalue weighted by Gasteiger charge is -2.38. The van der Waals surface area contributed by atoms with Gasteiger partial charge in [-0.15, -0.1) is 0 Å². The van der Waals surface area contributed by atoms with E-state index in [4.69, 9.17) is 0 Å². The monoisotopic (exact) mass is 288 g/mol. The van der Waals surface area contributed by atoms with Crippen molar-refractivity contribution in [3.05, 3.63) is 0 Å². The number of piperazine rings is 1. The van der Waals surface area contributed by atoms with Gasteiger partial charge in [0.2, 0.25) is 0 Å². The Bertz CT molecular complexity index is 415. The fourth-order valence-corrected chi connectivity index (χ4v) is 4.19. The van der Waals surface area contributed by atoms with Crippen molar-refractivity contribution in [2.24, 2.45) is 5.92 Å². The van der Waals surface area contributed by atoms with Crippen LogP contribution in [-0.2, 0) is 0 Å². The van der Waals surface area contributed by atoms with Gasteiger partial charge in [0.05, 0.1) is 6.07 Å². The van der Waals surface area contributed by atoms with Gasteiger partial charge < -0.3 is 4.90 Å². The van der Waals surface area contributed by atoms with Crippen molar-refractivity contribution in [1.29, 1.82) is 5.26 Å². The number of hydrogen-bond acceptors (Lipinski definition) is 4. The lowest BCUT2D eigenvalue weighted by Crippen LogP contribution is -2.51. The largest absolute Gasteiger partial charge is 0.301 e. The van der Waals surface area contributed by atoms with Gasteiger partial charge >= 0.3 is 0 Å². The Labute approximate surface area is 128 Å². The SMILES string of the molecule is N#CC1(NC2CC2)CCC(N2CCN(CC3CC3)CC2)C1. The molecule has 2 unspecified atom stereocenters. The predicted molar refractivity (Wildman–Crippen MR) is 82.9 cm³/mol. The Hall–Kier alpha value is -0.630. The molecule has 0 aromatic heterocycles. The lowest BCUT2D eigenvalue weighted by molar-refractivity contribution is 0.0928. The molecule has 1 aliphatic heterocycles. The van der Waals surface area contributed by atoms with Crippen molar-refractivity contribution in [3.8, 4) is 6.07 Å². The molecular weight excluding hydrogens is 260 g/mol. The van der Waals surface area contributed by atoms with Gasteiger partial charge in [0, 0.05) is 44.8 Å². The Kier molecular flexibility index (Phi) is 3.69. The summed E-state index contributed by atoms with van der Waals surface area (Å²) in [7, 11) is 0. The summed E-state index contributed by atoms with van der Waals surface area (Å²) in [5.41, 5.74) is -0.211. The lowest BCUT2D eigenvalue weighted by atomic mass is 9.99. The van der Waals surface area contributed by atoms with Gasteiger partial charge in [-0.3, -0.25) is 10.2 Å². The summed E-state index contributed by atoms with van der Waals surface area (Å²) in [6.45, 7) is 6.24. The van der Waals surface area contributed by atoms with Crippen molar-refractivity contribution in [2.75, 3.05) is 32.7 Å². The molecule has 1 saturated heterocycles. The van der Waals surface area contributed by atoms with Crippen LogP contribution in [0.4, 0.5) is 0 Å². The summed E-state index contributed by atoms with van der Waals surface area (Å²) >= 11 is 0. The smallest absolute Gasteiger partial charge is 0.108 e. The molecule has 1 N–H and O–H groups in total. The second-order valence-electron chi connectivity index (χ2n) is 7.79. The molecule has 0 aromatic rings. The molecule has 2 atom stereocenters. The number of rotatable bonds is 5. The maximum Gasteiger partial charge on any atom is 0.108 e. The van der Waals surface area contributed by atoms with Crippen molar-refractivity contribution < 1.29 is 0 Å². The first kappa shape index (κ1) is 14.0. The predicted octanol–water partition coefficient (Wildman–Crippen LogP) is 1.58. The van der Waals surface area contributed by atoms with Crippen LogP contribution in [0.15, 0.2) is 0 Å². The van der Waals surface area contributed by atoms with E-state index < -0.39 is 0 Å². The number of nitrogens with one attached hydrogen (secondary N) is 1. The van der Waals surface area contributed by atoms with Crippen LogP contribution in [0.3, 0.4) is 0 Å². The Morgan fingerprint density at radius 1 is 1.05 bits per heavy atom. The summed E-state index contributed by atoms with van der Waals surface area (Å²) in [6.07, 6.45) is 8.76. The van der Waals surface area contributed by atoms with Crippen LogP contribution < -0.4 is 5.32 Å². The van der Waals surface area contributed by atoms with E-state index in [9.17, 15) is 5.26 Å². The second kappa shape index (κ2) is 5.53. The van der Waals surface area contributed by atoms with Crippen LogP contribution >= 0.6 is 0 Å². The third kappa shape index (κ3) is 3.26. The first-order valence-electron chi connectivity index (χ1n) is 8.92.